The Kier molecular flexibility index (Phi) is 6.19. The molecule has 0 aliphatic rings. The van der Waals surface area contributed by atoms with Crippen LogP contribution in [0.1, 0.15) is 26.2 Å². The second-order valence-electron chi connectivity index (χ2n) is 2.39. The standard InChI is InChI=1S/C9H17N/c1-3-4-5-6-9(2)7-8-10/h5-6H,2-4,7-8,10H2,1H3/b6-5+. The van der Waals surface area contributed by atoms with Crippen molar-refractivity contribution in [2.45, 2.75) is 26.2 Å². The maximum Gasteiger partial charge on any atom is -0.00369 e. The molecule has 0 aliphatic carbocycles. The van der Waals surface area contributed by atoms with Gasteiger partial charge in [0.25, 0.3) is 0 Å². The first-order valence-corrected chi connectivity index (χ1v) is 3.85. The largest absolute Gasteiger partial charge is 0.330 e. The molecule has 0 atom stereocenters. The van der Waals surface area contributed by atoms with Crippen LogP contribution in [0.2, 0.25) is 0 Å². The Balaban J connectivity index is 3.36. The molecule has 0 amide bonds. The number of hydrogen-bond donors (Lipinski definition) is 1. The number of hydrogen-bond acceptors (Lipinski definition) is 1. The molecule has 0 unspecified atom stereocenters. The van der Waals surface area contributed by atoms with E-state index in [9.17, 15) is 0 Å². The molecule has 0 aromatic heterocycles. The highest BCUT2D eigenvalue weighted by Crippen LogP contribution is 1.99. The fourth-order valence-corrected chi connectivity index (χ4v) is 0.685. The third kappa shape index (κ3) is 5.57. The molecule has 0 saturated heterocycles. The van der Waals surface area contributed by atoms with Gasteiger partial charge in [-0.15, -0.1) is 0 Å². The normalized spacial score (nSPS) is 10.6. The third-order valence-corrected chi connectivity index (χ3v) is 1.27. The van der Waals surface area contributed by atoms with Gasteiger partial charge in [-0.2, -0.15) is 0 Å². The molecule has 2 N–H and O–H groups in total. The van der Waals surface area contributed by atoms with E-state index in [-0.39, 0.29) is 0 Å². The Morgan fingerprint density at radius 3 is 2.80 bits per heavy atom. The zero-order valence-corrected chi connectivity index (χ0v) is 6.77. The van der Waals surface area contributed by atoms with Gasteiger partial charge >= 0.3 is 0 Å². The van der Waals surface area contributed by atoms with E-state index in [1.807, 2.05) is 0 Å². The summed E-state index contributed by atoms with van der Waals surface area (Å²) in [5.41, 5.74) is 6.47. The minimum atomic E-state index is 0.704. The van der Waals surface area contributed by atoms with E-state index in [1.165, 1.54) is 6.42 Å². The van der Waals surface area contributed by atoms with E-state index in [4.69, 9.17) is 5.73 Å². The molecule has 0 aromatic carbocycles. The lowest BCUT2D eigenvalue weighted by molar-refractivity contribution is 0.946. The lowest BCUT2D eigenvalue weighted by Gasteiger charge is -1.93. The topological polar surface area (TPSA) is 26.0 Å². The summed E-state index contributed by atoms with van der Waals surface area (Å²) in [6, 6.07) is 0. The van der Waals surface area contributed by atoms with E-state index in [0.29, 0.717) is 6.54 Å². The molecule has 0 heterocycles. The SMILES string of the molecule is C=C(/C=C/CCC)CCN. The average molecular weight is 139 g/mol. The Morgan fingerprint density at radius 2 is 2.30 bits per heavy atom. The molecule has 58 valence electrons. The molecule has 1 heteroatoms. The monoisotopic (exact) mass is 139 g/mol. The van der Waals surface area contributed by atoms with E-state index >= 15 is 0 Å². The van der Waals surface area contributed by atoms with Crippen LogP contribution in [0.4, 0.5) is 0 Å². The van der Waals surface area contributed by atoms with Crippen LogP contribution >= 0.6 is 0 Å². The van der Waals surface area contributed by atoms with Crippen molar-refractivity contribution >= 4 is 0 Å². The van der Waals surface area contributed by atoms with Crippen molar-refractivity contribution in [1.82, 2.24) is 0 Å². The molecule has 0 bridgehead atoms. The molecule has 0 radical (unpaired) electrons. The summed E-state index contributed by atoms with van der Waals surface area (Å²) in [6.45, 7) is 6.72. The summed E-state index contributed by atoms with van der Waals surface area (Å²) >= 11 is 0. The van der Waals surface area contributed by atoms with E-state index in [2.05, 4.69) is 25.7 Å². The molecule has 0 fully saturated rings. The van der Waals surface area contributed by atoms with Crippen LogP contribution < -0.4 is 5.73 Å². The van der Waals surface area contributed by atoms with Gasteiger partial charge in [-0.1, -0.05) is 37.6 Å². The minimum Gasteiger partial charge on any atom is -0.330 e. The highest BCUT2D eigenvalue weighted by atomic mass is 14.5. The fraction of sp³-hybridized carbons (Fsp3) is 0.556. The van der Waals surface area contributed by atoms with Crippen molar-refractivity contribution in [1.29, 1.82) is 0 Å². The Morgan fingerprint density at radius 1 is 1.60 bits per heavy atom. The van der Waals surface area contributed by atoms with Gasteiger partial charge in [-0.25, -0.2) is 0 Å². The number of allylic oxidation sites excluding steroid dienone is 2. The maximum atomic E-state index is 5.34. The van der Waals surface area contributed by atoms with Crippen LogP contribution in [0.5, 0.6) is 0 Å². The molecule has 0 saturated carbocycles. The first kappa shape index (κ1) is 9.44. The van der Waals surface area contributed by atoms with E-state index in [1.54, 1.807) is 0 Å². The summed E-state index contributed by atoms with van der Waals surface area (Å²) in [5.74, 6) is 0. The summed E-state index contributed by atoms with van der Waals surface area (Å²) in [5, 5.41) is 0. The first-order chi connectivity index (χ1) is 4.81. The van der Waals surface area contributed by atoms with Crippen LogP contribution in [-0.2, 0) is 0 Å². The van der Waals surface area contributed by atoms with Gasteiger partial charge in [-0.05, 0) is 19.4 Å². The zero-order chi connectivity index (χ0) is 7.82. The van der Waals surface area contributed by atoms with Crippen molar-refractivity contribution in [2.24, 2.45) is 5.73 Å². The van der Waals surface area contributed by atoms with Crippen molar-refractivity contribution < 1.29 is 0 Å². The van der Waals surface area contributed by atoms with Crippen LogP contribution in [0, 0.1) is 0 Å². The van der Waals surface area contributed by atoms with Crippen molar-refractivity contribution in [2.75, 3.05) is 6.54 Å². The number of rotatable bonds is 5. The quantitative estimate of drug-likeness (QED) is 0.581. The smallest absolute Gasteiger partial charge is 0.00369 e. The van der Waals surface area contributed by atoms with E-state index in [0.717, 1.165) is 18.4 Å². The maximum absolute atomic E-state index is 5.34. The second-order valence-corrected chi connectivity index (χ2v) is 2.39. The predicted molar refractivity (Wildman–Crippen MR) is 46.9 cm³/mol. The molecule has 0 spiro atoms. The van der Waals surface area contributed by atoms with Gasteiger partial charge in [-0.3, -0.25) is 0 Å². The number of unbranched alkanes of at least 4 members (excludes halogenated alkanes) is 1. The van der Waals surface area contributed by atoms with Crippen molar-refractivity contribution in [3.05, 3.63) is 24.3 Å². The molecule has 0 aliphatic heterocycles. The lowest BCUT2D eigenvalue weighted by atomic mass is 10.2. The Hall–Kier alpha value is -0.560. The summed E-state index contributed by atoms with van der Waals surface area (Å²) in [7, 11) is 0. The highest BCUT2D eigenvalue weighted by Gasteiger charge is 1.83. The Bertz CT molecular complexity index is 114. The van der Waals surface area contributed by atoms with Crippen molar-refractivity contribution in [3.8, 4) is 0 Å². The lowest BCUT2D eigenvalue weighted by Crippen LogP contribution is -1.98. The van der Waals surface area contributed by atoms with Gasteiger partial charge in [0.1, 0.15) is 0 Å². The first-order valence-electron chi connectivity index (χ1n) is 3.85. The highest BCUT2D eigenvalue weighted by molar-refractivity contribution is 5.14. The zero-order valence-electron chi connectivity index (χ0n) is 6.77. The molecule has 10 heavy (non-hydrogen) atoms. The summed E-state index contributed by atoms with van der Waals surface area (Å²) in [4.78, 5) is 0. The third-order valence-electron chi connectivity index (χ3n) is 1.27. The molecule has 0 aromatic rings. The summed E-state index contributed by atoms with van der Waals surface area (Å²) in [6.07, 6.45) is 7.48. The Labute approximate surface area is 63.6 Å². The second kappa shape index (κ2) is 6.56. The fourth-order valence-electron chi connectivity index (χ4n) is 0.685. The minimum absolute atomic E-state index is 0.704. The predicted octanol–water partition coefficient (Wildman–Crippen LogP) is 2.25. The molecule has 1 nitrogen and oxygen atoms in total. The molecule has 0 rings (SSSR count). The van der Waals surface area contributed by atoms with Crippen LogP contribution in [0.25, 0.3) is 0 Å². The van der Waals surface area contributed by atoms with Crippen molar-refractivity contribution in [3.63, 3.8) is 0 Å². The van der Waals surface area contributed by atoms with Crippen LogP contribution in [-0.4, -0.2) is 6.54 Å². The van der Waals surface area contributed by atoms with Crippen LogP contribution in [0.15, 0.2) is 24.3 Å². The van der Waals surface area contributed by atoms with Gasteiger partial charge in [0.2, 0.25) is 0 Å². The van der Waals surface area contributed by atoms with Crippen LogP contribution in [0.3, 0.4) is 0 Å². The molecular formula is C9H17N. The van der Waals surface area contributed by atoms with Gasteiger partial charge in [0.05, 0.1) is 0 Å². The molecular weight excluding hydrogens is 122 g/mol. The summed E-state index contributed by atoms with van der Waals surface area (Å²) < 4.78 is 0. The van der Waals surface area contributed by atoms with Gasteiger partial charge in [0, 0.05) is 0 Å². The average Bonchev–Trinajstić information content (AvgIpc) is 1.89. The number of nitrogens with two attached hydrogens (primary N) is 1. The van der Waals surface area contributed by atoms with Gasteiger partial charge in [0.15, 0.2) is 0 Å². The van der Waals surface area contributed by atoms with Gasteiger partial charge < -0.3 is 5.73 Å². The van der Waals surface area contributed by atoms with E-state index < -0.39 is 0 Å².